The summed E-state index contributed by atoms with van der Waals surface area (Å²) in [4.78, 5) is 20.3. The minimum atomic E-state index is -1.30. The molecule has 0 saturated heterocycles. The first kappa shape index (κ1) is 7.05. The molecule has 0 aromatic heterocycles. The van der Waals surface area contributed by atoms with Crippen molar-refractivity contribution in [2.75, 3.05) is 0 Å². The lowest BCUT2D eigenvalue weighted by atomic mass is 10.1. The van der Waals surface area contributed by atoms with Gasteiger partial charge < -0.3 is 19.8 Å². The molecule has 1 saturated carbocycles. The zero-order valence-electron chi connectivity index (χ0n) is 5.42. The van der Waals surface area contributed by atoms with Crippen molar-refractivity contribution in [3.05, 3.63) is 0 Å². The highest BCUT2D eigenvalue weighted by Crippen LogP contribution is 2.51. The highest BCUT2D eigenvalue weighted by Gasteiger charge is 2.52. The van der Waals surface area contributed by atoms with Crippen LogP contribution in [0.3, 0.4) is 0 Å². The van der Waals surface area contributed by atoms with Gasteiger partial charge in [-0.3, -0.25) is 0 Å². The number of rotatable bonds is 2. The van der Waals surface area contributed by atoms with Crippen LogP contribution in [0.15, 0.2) is 0 Å². The highest BCUT2D eigenvalue weighted by molar-refractivity contribution is 5.86. The van der Waals surface area contributed by atoms with E-state index in [1.807, 2.05) is 0 Å². The van der Waals surface area contributed by atoms with Crippen molar-refractivity contribution < 1.29 is 19.8 Å². The van der Waals surface area contributed by atoms with Gasteiger partial charge in [-0.1, -0.05) is 6.92 Å². The summed E-state index contributed by atoms with van der Waals surface area (Å²) in [6.45, 7) is 1.35. The van der Waals surface area contributed by atoms with E-state index in [1.54, 1.807) is 0 Å². The van der Waals surface area contributed by atoms with Crippen LogP contribution in [0.4, 0.5) is 0 Å². The average molecular weight is 142 g/mol. The second-order valence-electron chi connectivity index (χ2n) is 2.78. The molecule has 0 aromatic rings. The predicted octanol–water partition coefficient (Wildman–Crippen LogP) is -2.49. The van der Waals surface area contributed by atoms with Crippen molar-refractivity contribution in [1.82, 2.24) is 0 Å². The standard InChI is InChI=1S/C6H8O4/c1-6(5(9)10)2-3(6)4(7)8/h3H,2H2,1H3,(H,7,8)(H,9,10)/p-2/t3-,6-/m0/s1. The topological polar surface area (TPSA) is 80.3 Å². The van der Waals surface area contributed by atoms with Gasteiger partial charge in [0.1, 0.15) is 0 Å². The third-order valence-electron chi connectivity index (χ3n) is 1.99. The Labute approximate surface area is 57.5 Å². The Hall–Kier alpha value is -1.06. The van der Waals surface area contributed by atoms with E-state index < -0.39 is 23.3 Å². The van der Waals surface area contributed by atoms with Gasteiger partial charge in [-0.25, -0.2) is 0 Å². The Bertz CT molecular complexity index is 198. The van der Waals surface area contributed by atoms with Crippen LogP contribution in [0.25, 0.3) is 0 Å². The van der Waals surface area contributed by atoms with Crippen LogP contribution in [0.1, 0.15) is 13.3 Å². The molecule has 0 spiro atoms. The molecular formula is C6H6O4-2. The van der Waals surface area contributed by atoms with Crippen LogP contribution < -0.4 is 10.2 Å². The fraction of sp³-hybridized carbons (Fsp3) is 0.667. The lowest BCUT2D eigenvalue weighted by Gasteiger charge is -2.11. The zero-order chi connectivity index (χ0) is 7.94. The number of hydrogen-bond acceptors (Lipinski definition) is 4. The molecule has 1 rings (SSSR count). The number of aliphatic carboxylic acids is 2. The number of carbonyl (C=O) groups excluding carboxylic acids is 2. The maximum Gasteiger partial charge on any atom is 0.0480 e. The summed E-state index contributed by atoms with van der Waals surface area (Å²) in [7, 11) is 0. The van der Waals surface area contributed by atoms with E-state index in [4.69, 9.17) is 0 Å². The van der Waals surface area contributed by atoms with Gasteiger partial charge in [-0.2, -0.15) is 0 Å². The van der Waals surface area contributed by atoms with Crippen LogP contribution in [0.5, 0.6) is 0 Å². The van der Waals surface area contributed by atoms with Crippen molar-refractivity contribution in [3.63, 3.8) is 0 Å². The molecule has 0 amide bonds. The maximum absolute atomic E-state index is 10.2. The summed E-state index contributed by atoms with van der Waals surface area (Å²) in [6, 6.07) is 0. The van der Waals surface area contributed by atoms with E-state index in [1.165, 1.54) is 6.92 Å². The lowest BCUT2D eigenvalue weighted by Crippen LogP contribution is -2.36. The molecule has 0 radical (unpaired) electrons. The summed E-state index contributed by atoms with van der Waals surface area (Å²) in [5.41, 5.74) is -1.17. The van der Waals surface area contributed by atoms with Crippen molar-refractivity contribution in [3.8, 4) is 0 Å². The molecule has 0 heterocycles. The molecule has 1 fully saturated rings. The first-order valence-electron chi connectivity index (χ1n) is 2.91. The van der Waals surface area contributed by atoms with E-state index in [9.17, 15) is 19.8 Å². The van der Waals surface area contributed by atoms with Crippen molar-refractivity contribution >= 4 is 11.9 Å². The van der Waals surface area contributed by atoms with Crippen molar-refractivity contribution in [2.45, 2.75) is 13.3 Å². The molecule has 0 aromatic carbocycles. The van der Waals surface area contributed by atoms with E-state index in [-0.39, 0.29) is 6.42 Å². The van der Waals surface area contributed by atoms with Gasteiger partial charge in [-0.15, -0.1) is 0 Å². The molecule has 2 atom stereocenters. The second-order valence-corrected chi connectivity index (χ2v) is 2.78. The van der Waals surface area contributed by atoms with Gasteiger partial charge in [0.25, 0.3) is 0 Å². The number of carboxylic acids is 2. The molecule has 0 N–H and O–H groups in total. The number of hydrogen-bond donors (Lipinski definition) is 0. The van der Waals surface area contributed by atoms with Gasteiger partial charge >= 0.3 is 0 Å². The van der Waals surface area contributed by atoms with E-state index in [2.05, 4.69) is 0 Å². The molecule has 0 unspecified atom stereocenters. The van der Waals surface area contributed by atoms with Crippen LogP contribution in [-0.4, -0.2) is 11.9 Å². The second kappa shape index (κ2) is 1.71. The molecule has 0 aliphatic heterocycles. The molecule has 1 aliphatic carbocycles. The average Bonchev–Trinajstić information content (AvgIpc) is 2.43. The Balaban J connectivity index is 2.65. The summed E-state index contributed by atoms with van der Waals surface area (Å²) in [6.07, 6.45) is 0.137. The molecule has 4 nitrogen and oxygen atoms in total. The minimum Gasteiger partial charge on any atom is -0.550 e. The summed E-state index contributed by atoms with van der Waals surface area (Å²) >= 11 is 0. The Kier molecular flexibility index (Phi) is 1.21. The molecule has 10 heavy (non-hydrogen) atoms. The fourth-order valence-electron chi connectivity index (χ4n) is 0.934. The third-order valence-corrected chi connectivity index (χ3v) is 1.99. The Morgan fingerprint density at radius 3 is 2.10 bits per heavy atom. The van der Waals surface area contributed by atoms with Crippen LogP contribution >= 0.6 is 0 Å². The summed E-state index contributed by atoms with van der Waals surface area (Å²) < 4.78 is 0. The number of carboxylic acid groups (broad SMARTS) is 2. The third kappa shape index (κ3) is 0.761. The van der Waals surface area contributed by atoms with Crippen molar-refractivity contribution in [2.24, 2.45) is 11.3 Å². The van der Waals surface area contributed by atoms with Crippen LogP contribution in [0.2, 0.25) is 0 Å². The van der Waals surface area contributed by atoms with Gasteiger partial charge in [0.05, 0.1) is 0 Å². The van der Waals surface area contributed by atoms with E-state index >= 15 is 0 Å². The normalized spacial score (nSPS) is 37.1. The largest absolute Gasteiger partial charge is 0.550 e. The van der Waals surface area contributed by atoms with Gasteiger partial charge in [-0.05, 0) is 6.42 Å². The van der Waals surface area contributed by atoms with Gasteiger partial charge in [0.2, 0.25) is 0 Å². The zero-order valence-corrected chi connectivity index (χ0v) is 5.42. The molecule has 0 bridgehead atoms. The molecular weight excluding hydrogens is 136 g/mol. The monoisotopic (exact) mass is 142 g/mol. The maximum atomic E-state index is 10.2. The Morgan fingerprint density at radius 1 is 1.50 bits per heavy atom. The van der Waals surface area contributed by atoms with Gasteiger partial charge in [0.15, 0.2) is 0 Å². The smallest absolute Gasteiger partial charge is 0.0480 e. The number of carbonyl (C=O) groups is 2. The first-order valence-corrected chi connectivity index (χ1v) is 2.91. The highest BCUT2D eigenvalue weighted by atomic mass is 16.4. The molecule has 56 valence electrons. The van der Waals surface area contributed by atoms with Crippen molar-refractivity contribution in [1.29, 1.82) is 0 Å². The minimum absolute atomic E-state index is 0.137. The Morgan fingerprint density at radius 2 is 2.00 bits per heavy atom. The molecule has 1 aliphatic rings. The van der Waals surface area contributed by atoms with Crippen LogP contribution in [-0.2, 0) is 9.59 Å². The fourth-order valence-corrected chi connectivity index (χ4v) is 0.934. The van der Waals surface area contributed by atoms with Gasteiger partial charge in [0, 0.05) is 23.3 Å². The quantitative estimate of drug-likeness (QED) is 0.427. The SMILES string of the molecule is C[C@]1(C(=O)[O-])C[C@H]1C(=O)[O-]. The van der Waals surface area contributed by atoms with E-state index in [0.717, 1.165) is 0 Å². The lowest BCUT2D eigenvalue weighted by molar-refractivity contribution is -0.320. The summed E-state index contributed by atoms with van der Waals surface area (Å²) in [5, 5.41) is 20.3. The predicted molar refractivity (Wildman–Crippen MR) is 26.2 cm³/mol. The first-order chi connectivity index (χ1) is 4.48. The molecule has 4 heteroatoms. The van der Waals surface area contributed by atoms with E-state index in [0.29, 0.717) is 0 Å². The van der Waals surface area contributed by atoms with Crippen LogP contribution in [0, 0.1) is 11.3 Å². The summed E-state index contributed by atoms with van der Waals surface area (Å²) in [5.74, 6) is -3.45.